The van der Waals surface area contributed by atoms with Crippen molar-refractivity contribution in [3.8, 4) is 0 Å². The molecule has 0 spiro atoms. The Hall–Kier alpha value is -1.05. The third-order valence-corrected chi connectivity index (χ3v) is 3.37. The molecule has 2 unspecified atom stereocenters. The summed E-state index contributed by atoms with van der Waals surface area (Å²) in [5, 5.41) is 3.49. The molecule has 1 aliphatic rings. The largest absolute Gasteiger partial charge is 0.382 e. The minimum absolute atomic E-state index is 0.125. The van der Waals surface area contributed by atoms with Crippen LogP contribution in [-0.2, 0) is 0 Å². The summed E-state index contributed by atoms with van der Waals surface area (Å²) in [6.45, 7) is 4.08. The molecular formula is C13H18FN. The maximum Gasteiger partial charge on any atom is 0.126 e. The summed E-state index contributed by atoms with van der Waals surface area (Å²) in [4.78, 5) is 0. The standard InChI is InChI=1S/C13H18FN/c1-9-4-3-5-13(9)15-11-6-7-12(14)10(2)8-11/h6-9,13,15H,3-5H2,1-2H3. The van der Waals surface area contributed by atoms with Crippen LogP contribution in [0.5, 0.6) is 0 Å². The van der Waals surface area contributed by atoms with E-state index in [0.29, 0.717) is 11.6 Å². The molecule has 0 aliphatic heterocycles. The van der Waals surface area contributed by atoms with Gasteiger partial charge in [0.05, 0.1) is 0 Å². The second-order valence-electron chi connectivity index (χ2n) is 4.62. The van der Waals surface area contributed by atoms with E-state index in [1.54, 1.807) is 6.92 Å². The van der Waals surface area contributed by atoms with Gasteiger partial charge in [-0.2, -0.15) is 0 Å². The summed E-state index contributed by atoms with van der Waals surface area (Å²) in [6, 6.07) is 5.82. The van der Waals surface area contributed by atoms with Gasteiger partial charge < -0.3 is 5.32 Å². The van der Waals surface area contributed by atoms with Crippen molar-refractivity contribution in [1.82, 2.24) is 0 Å². The Bertz CT molecular complexity index is 348. The molecule has 1 fully saturated rings. The van der Waals surface area contributed by atoms with E-state index in [1.165, 1.54) is 25.3 Å². The Labute approximate surface area is 90.7 Å². The van der Waals surface area contributed by atoms with Gasteiger partial charge in [0.25, 0.3) is 0 Å². The summed E-state index contributed by atoms with van der Waals surface area (Å²) in [5.41, 5.74) is 1.76. The molecule has 1 aromatic rings. The molecular weight excluding hydrogens is 189 g/mol. The number of rotatable bonds is 2. The maximum absolute atomic E-state index is 13.1. The van der Waals surface area contributed by atoms with Crippen LogP contribution in [0.1, 0.15) is 31.7 Å². The zero-order valence-corrected chi connectivity index (χ0v) is 9.39. The first-order valence-corrected chi connectivity index (χ1v) is 5.69. The zero-order chi connectivity index (χ0) is 10.8. The lowest BCUT2D eigenvalue weighted by Gasteiger charge is -2.19. The van der Waals surface area contributed by atoms with Crippen molar-refractivity contribution < 1.29 is 4.39 Å². The van der Waals surface area contributed by atoms with E-state index in [0.717, 1.165) is 11.6 Å². The van der Waals surface area contributed by atoms with Gasteiger partial charge in [-0.25, -0.2) is 4.39 Å². The van der Waals surface area contributed by atoms with Crippen LogP contribution in [0.15, 0.2) is 18.2 Å². The third-order valence-electron chi connectivity index (χ3n) is 3.37. The van der Waals surface area contributed by atoms with Gasteiger partial charge >= 0.3 is 0 Å². The highest BCUT2D eigenvalue weighted by Crippen LogP contribution is 2.28. The Morgan fingerprint density at radius 3 is 2.73 bits per heavy atom. The van der Waals surface area contributed by atoms with Gasteiger partial charge in [0.15, 0.2) is 0 Å². The second-order valence-corrected chi connectivity index (χ2v) is 4.62. The first-order valence-electron chi connectivity index (χ1n) is 5.69. The van der Waals surface area contributed by atoms with Crippen molar-refractivity contribution in [3.05, 3.63) is 29.6 Å². The number of hydrogen-bond acceptors (Lipinski definition) is 1. The summed E-state index contributed by atoms with van der Waals surface area (Å²) in [5.74, 6) is 0.607. The van der Waals surface area contributed by atoms with E-state index in [2.05, 4.69) is 12.2 Å². The average Bonchev–Trinajstić information content (AvgIpc) is 2.59. The fourth-order valence-electron chi connectivity index (χ4n) is 2.31. The normalized spacial score (nSPS) is 25.5. The Morgan fingerprint density at radius 1 is 1.33 bits per heavy atom. The van der Waals surface area contributed by atoms with E-state index in [-0.39, 0.29) is 5.82 Å². The van der Waals surface area contributed by atoms with E-state index in [4.69, 9.17) is 0 Å². The molecule has 0 saturated heterocycles. The van der Waals surface area contributed by atoms with E-state index in [9.17, 15) is 4.39 Å². The molecule has 2 atom stereocenters. The summed E-state index contributed by atoms with van der Waals surface area (Å²) < 4.78 is 13.1. The van der Waals surface area contributed by atoms with Crippen molar-refractivity contribution in [3.63, 3.8) is 0 Å². The fraction of sp³-hybridized carbons (Fsp3) is 0.538. The molecule has 0 amide bonds. The van der Waals surface area contributed by atoms with Crippen molar-refractivity contribution >= 4 is 5.69 Å². The summed E-state index contributed by atoms with van der Waals surface area (Å²) >= 11 is 0. The quantitative estimate of drug-likeness (QED) is 0.779. The predicted molar refractivity (Wildman–Crippen MR) is 61.6 cm³/mol. The second kappa shape index (κ2) is 4.21. The van der Waals surface area contributed by atoms with Gasteiger partial charge in [-0.1, -0.05) is 13.3 Å². The molecule has 82 valence electrons. The number of halogens is 1. The Morgan fingerprint density at radius 2 is 2.13 bits per heavy atom. The molecule has 1 saturated carbocycles. The maximum atomic E-state index is 13.1. The SMILES string of the molecule is Cc1cc(NC2CCCC2C)ccc1F. The lowest BCUT2D eigenvalue weighted by molar-refractivity contribution is 0.556. The van der Waals surface area contributed by atoms with Crippen LogP contribution in [0.3, 0.4) is 0 Å². The highest BCUT2D eigenvalue weighted by atomic mass is 19.1. The van der Waals surface area contributed by atoms with Crippen molar-refractivity contribution in [2.75, 3.05) is 5.32 Å². The number of nitrogens with one attached hydrogen (secondary N) is 1. The Kier molecular flexibility index (Phi) is 2.94. The number of aryl methyl sites for hydroxylation is 1. The lowest BCUT2D eigenvalue weighted by Crippen LogP contribution is -2.21. The van der Waals surface area contributed by atoms with Crippen LogP contribution in [-0.4, -0.2) is 6.04 Å². The zero-order valence-electron chi connectivity index (χ0n) is 9.39. The fourth-order valence-corrected chi connectivity index (χ4v) is 2.31. The minimum Gasteiger partial charge on any atom is -0.382 e. The predicted octanol–water partition coefficient (Wildman–Crippen LogP) is 3.73. The van der Waals surface area contributed by atoms with Crippen LogP contribution < -0.4 is 5.32 Å². The summed E-state index contributed by atoms with van der Waals surface area (Å²) in [6.07, 6.45) is 3.84. The highest BCUT2D eigenvalue weighted by Gasteiger charge is 2.22. The van der Waals surface area contributed by atoms with E-state index >= 15 is 0 Å². The molecule has 1 aliphatic carbocycles. The molecule has 0 bridgehead atoms. The van der Waals surface area contributed by atoms with Gasteiger partial charge in [-0.05, 0) is 49.4 Å². The first-order chi connectivity index (χ1) is 7.16. The minimum atomic E-state index is -0.125. The first kappa shape index (κ1) is 10.5. The van der Waals surface area contributed by atoms with Crippen LogP contribution >= 0.6 is 0 Å². The highest BCUT2D eigenvalue weighted by molar-refractivity contribution is 5.47. The smallest absolute Gasteiger partial charge is 0.126 e. The molecule has 2 rings (SSSR count). The number of hydrogen-bond donors (Lipinski definition) is 1. The van der Waals surface area contributed by atoms with E-state index < -0.39 is 0 Å². The third kappa shape index (κ3) is 2.31. The van der Waals surface area contributed by atoms with E-state index in [1.807, 2.05) is 12.1 Å². The molecule has 1 nitrogen and oxygen atoms in total. The van der Waals surface area contributed by atoms with Crippen molar-refractivity contribution in [2.24, 2.45) is 5.92 Å². The molecule has 1 aromatic carbocycles. The van der Waals surface area contributed by atoms with Crippen LogP contribution in [0.4, 0.5) is 10.1 Å². The number of benzene rings is 1. The molecule has 0 aromatic heterocycles. The van der Waals surface area contributed by atoms with Gasteiger partial charge in [0, 0.05) is 11.7 Å². The molecule has 2 heteroatoms. The van der Waals surface area contributed by atoms with Crippen LogP contribution in [0.25, 0.3) is 0 Å². The molecule has 15 heavy (non-hydrogen) atoms. The van der Waals surface area contributed by atoms with Crippen LogP contribution in [0, 0.1) is 18.7 Å². The van der Waals surface area contributed by atoms with Crippen LogP contribution in [0.2, 0.25) is 0 Å². The lowest BCUT2D eigenvalue weighted by atomic mass is 10.1. The van der Waals surface area contributed by atoms with Gasteiger partial charge in [0.1, 0.15) is 5.82 Å². The Balaban J connectivity index is 2.07. The molecule has 0 radical (unpaired) electrons. The van der Waals surface area contributed by atoms with Gasteiger partial charge in [0.2, 0.25) is 0 Å². The molecule has 1 N–H and O–H groups in total. The van der Waals surface area contributed by atoms with Crippen molar-refractivity contribution in [1.29, 1.82) is 0 Å². The van der Waals surface area contributed by atoms with Gasteiger partial charge in [-0.15, -0.1) is 0 Å². The molecule has 0 heterocycles. The topological polar surface area (TPSA) is 12.0 Å². The summed E-state index contributed by atoms with van der Waals surface area (Å²) in [7, 11) is 0. The van der Waals surface area contributed by atoms with Crippen molar-refractivity contribution in [2.45, 2.75) is 39.2 Å². The van der Waals surface area contributed by atoms with Gasteiger partial charge in [-0.3, -0.25) is 0 Å². The number of anilines is 1. The average molecular weight is 207 g/mol. The monoisotopic (exact) mass is 207 g/mol.